The molecule has 0 N–H and O–H groups in total. The summed E-state index contributed by atoms with van der Waals surface area (Å²) in [4.78, 5) is 24.9. The molecule has 0 aliphatic heterocycles. The summed E-state index contributed by atoms with van der Waals surface area (Å²) in [5.41, 5.74) is 0.420. The van der Waals surface area contributed by atoms with Crippen molar-refractivity contribution in [3.63, 3.8) is 0 Å². The molecule has 4 fully saturated rings. The van der Waals surface area contributed by atoms with Crippen molar-refractivity contribution in [2.24, 2.45) is 34.5 Å². The Hall–Kier alpha value is -0.660. The van der Waals surface area contributed by atoms with Crippen molar-refractivity contribution in [2.75, 3.05) is 0 Å². The highest BCUT2D eigenvalue weighted by Gasteiger charge is 2.60. The fourth-order valence-electron chi connectivity index (χ4n) is 6.87. The Kier molecular flexibility index (Phi) is 2.94. The normalized spacial score (nSPS) is 53.0. The smallest absolute Gasteiger partial charge is 0.137 e. The first-order chi connectivity index (χ1) is 9.94. The molecule has 4 rings (SSSR count). The summed E-state index contributed by atoms with van der Waals surface area (Å²) in [6, 6.07) is 0. The zero-order valence-electron chi connectivity index (χ0n) is 13.5. The fraction of sp³-hybridized carbons (Fsp3) is 0.895. The van der Waals surface area contributed by atoms with E-state index < -0.39 is 0 Å². The van der Waals surface area contributed by atoms with Crippen LogP contribution in [-0.4, -0.2) is 11.6 Å². The van der Waals surface area contributed by atoms with Crippen LogP contribution < -0.4 is 0 Å². The topological polar surface area (TPSA) is 34.1 Å². The summed E-state index contributed by atoms with van der Waals surface area (Å²) in [7, 11) is 0. The molecule has 116 valence electrons. The predicted molar refractivity (Wildman–Crippen MR) is 81.7 cm³/mol. The molecule has 4 aliphatic carbocycles. The SMILES string of the molecule is C[C@]12CCC[C@@H]1[C@@H]1CC[C@H]3CC(=O)CC[C@]3(C)[C@@H]1C(=O)C2. The minimum Gasteiger partial charge on any atom is -0.300 e. The molecule has 0 radical (unpaired) electrons. The monoisotopic (exact) mass is 288 g/mol. The summed E-state index contributed by atoms with van der Waals surface area (Å²) >= 11 is 0. The summed E-state index contributed by atoms with van der Waals surface area (Å²) < 4.78 is 0. The first-order valence-corrected chi connectivity index (χ1v) is 8.98. The number of hydrogen-bond donors (Lipinski definition) is 0. The van der Waals surface area contributed by atoms with E-state index >= 15 is 0 Å². The minimum atomic E-state index is 0.123. The van der Waals surface area contributed by atoms with Crippen LogP contribution in [0.5, 0.6) is 0 Å². The van der Waals surface area contributed by atoms with Crippen LogP contribution in [0.15, 0.2) is 0 Å². The lowest BCUT2D eigenvalue weighted by Gasteiger charge is -2.58. The maximum absolute atomic E-state index is 13.0. The van der Waals surface area contributed by atoms with E-state index in [4.69, 9.17) is 0 Å². The zero-order valence-corrected chi connectivity index (χ0v) is 13.5. The van der Waals surface area contributed by atoms with Gasteiger partial charge in [-0.2, -0.15) is 0 Å². The van der Waals surface area contributed by atoms with E-state index in [1.165, 1.54) is 32.1 Å². The van der Waals surface area contributed by atoms with E-state index in [-0.39, 0.29) is 11.3 Å². The van der Waals surface area contributed by atoms with Gasteiger partial charge in [-0.1, -0.05) is 20.3 Å². The molecule has 2 nitrogen and oxygen atoms in total. The summed E-state index contributed by atoms with van der Waals surface area (Å²) in [6.07, 6.45) is 9.53. The highest BCUT2D eigenvalue weighted by atomic mass is 16.1. The second kappa shape index (κ2) is 4.43. The van der Waals surface area contributed by atoms with Gasteiger partial charge in [0.25, 0.3) is 0 Å². The molecule has 0 aromatic carbocycles. The summed E-state index contributed by atoms with van der Waals surface area (Å²) in [5, 5.41) is 0. The van der Waals surface area contributed by atoms with Gasteiger partial charge in [0, 0.05) is 25.2 Å². The van der Waals surface area contributed by atoms with Gasteiger partial charge < -0.3 is 0 Å². The van der Waals surface area contributed by atoms with Gasteiger partial charge in [0.15, 0.2) is 0 Å². The van der Waals surface area contributed by atoms with Crippen LogP contribution in [0.1, 0.15) is 71.6 Å². The van der Waals surface area contributed by atoms with Crippen LogP contribution in [-0.2, 0) is 9.59 Å². The highest BCUT2D eigenvalue weighted by Crippen LogP contribution is 2.64. The van der Waals surface area contributed by atoms with E-state index in [9.17, 15) is 9.59 Å². The maximum Gasteiger partial charge on any atom is 0.137 e. The fourth-order valence-corrected chi connectivity index (χ4v) is 6.87. The van der Waals surface area contributed by atoms with Gasteiger partial charge in [0.05, 0.1) is 0 Å². The Balaban J connectivity index is 1.70. The first-order valence-electron chi connectivity index (χ1n) is 8.98. The number of carbonyl (C=O) groups is 2. The van der Waals surface area contributed by atoms with Gasteiger partial charge in [-0.3, -0.25) is 9.59 Å². The molecule has 4 aliphatic rings. The number of hydrogen-bond acceptors (Lipinski definition) is 2. The third kappa shape index (κ3) is 1.83. The Labute approximate surface area is 128 Å². The van der Waals surface area contributed by atoms with Gasteiger partial charge in [-0.05, 0) is 60.7 Å². The average Bonchev–Trinajstić information content (AvgIpc) is 2.80. The Morgan fingerprint density at radius 2 is 1.86 bits per heavy atom. The van der Waals surface area contributed by atoms with Crippen LogP contribution in [0.3, 0.4) is 0 Å². The second-order valence-corrected chi connectivity index (χ2v) is 8.96. The van der Waals surface area contributed by atoms with Gasteiger partial charge in [0.2, 0.25) is 0 Å². The lowest BCUT2D eigenvalue weighted by molar-refractivity contribution is -0.158. The molecule has 0 aromatic rings. The first kappa shape index (κ1) is 14.0. The number of rotatable bonds is 0. The van der Waals surface area contributed by atoms with Crippen molar-refractivity contribution in [1.82, 2.24) is 0 Å². The molecule has 0 amide bonds. The van der Waals surface area contributed by atoms with E-state index in [2.05, 4.69) is 13.8 Å². The lowest BCUT2D eigenvalue weighted by Crippen LogP contribution is -2.56. The molecule has 0 unspecified atom stereocenters. The zero-order chi connectivity index (χ0) is 14.8. The van der Waals surface area contributed by atoms with Crippen LogP contribution in [0.25, 0.3) is 0 Å². The predicted octanol–water partition coefficient (Wildman–Crippen LogP) is 4.17. The highest BCUT2D eigenvalue weighted by molar-refractivity contribution is 5.85. The molecule has 0 spiro atoms. The Bertz CT molecular complexity index is 496. The van der Waals surface area contributed by atoms with Crippen molar-refractivity contribution < 1.29 is 9.59 Å². The molecule has 0 saturated heterocycles. The van der Waals surface area contributed by atoms with Crippen molar-refractivity contribution in [1.29, 1.82) is 0 Å². The van der Waals surface area contributed by atoms with Crippen LogP contribution in [0, 0.1) is 34.5 Å². The minimum absolute atomic E-state index is 0.123. The Morgan fingerprint density at radius 1 is 1.05 bits per heavy atom. The van der Waals surface area contributed by atoms with Gasteiger partial charge in [0.1, 0.15) is 11.6 Å². The maximum atomic E-state index is 13.0. The largest absolute Gasteiger partial charge is 0.300 e. The van der Waals surface area contributed by atoms with E-state index in [0.717, 1.165) is 25.2 Å². The molecule has 6 atom stereocenters. The third-order valence-electron chi connectivity index (χ3n) is 7.94. The number of carbonyl (C=O) groups excluding carboxylic acids is 2. The molecular formula is C19H28O2. The average molecular weight is 288 g/mol. The van der Waals surface area contributed by atoms with Crippen molar-refractivity contribution in [3.05, 3.63) is 0 Å². The number of Topliss-reactive ketones (excluding diaryl/α,β-unsaturated/α-hetero) is 2. The van der Waals surface area contributed by atoms with Crippen molar-refractivity contribution >= 4 is 11.6 Å². The molecule has 2 heteroatoms. The summed E-state index contributed by atoms with van der Waals surface area (Å²) in [5.74, 6) is 3.12. The van der Waals surface area contributed by atoms with Crippen LogP contribution in [0.2, 0.25) is 0 Å². The molecule has 0 aromatic heterocycles. The number of fused-ring (bicyclic) bond motifs is 5. The van der Waals surface area contributed by atoms with Gasteiger partial charge >= 0.3 is 0 Å². The third-order valence-corrected chi connectivity index (χ3v) is 7.94. The van der Waals surface area contributed by atoms with Crippen molar-refractivity contribution in [3.8, 4) is 0 Å². The van der Waals surface area contributed by atoms with Crippen molar-refractivity contribution in [2.45, 2.75) is 71.6 Å². The second-order valence-electron chi connectivity index (χ2n) is 8.96. The number of ketones is 2. The van der Waals surface area contributed by atoms with Gasteiger partial charge in [-0.25, -0.2) is 0 Å². The summed E-state index contributed by atoms with van der Waals surface area (Å²) in [6.45, 7) is 4.72. The molecule has 0 heterocycles. The van der Waals surface area contributed by atoms with Gasteiger partial charge in [-0.15, -0.1) is 0 Å². The van der Waals surface area contributed by atoms with Crippen LogP contribution >= 0.6 is 0 Å². The van der Waals surface area contributed by atoms with E-state index in [0.29, 0.717) is 35.2 Å². The molecule has 0 bridgehead atoms. The van der Waals surface area contributed by atoms with Crippen LogP contribution in [0.4, 0.5) is 0 Å². The molecular weight excluding hydrogens is 260 g/mol. The molecule has 21 heavy (non-hydrogen) atoms. The van der Waals surface area contributed by atoms with E-state index in [1.807, 2.05) is 0 Å². The lowest BCUT2D eigenvalue weighted by atomic mass is 9.45. The Morgan fingerprint density at radius 3 is 2.67 bits per heavy atom. The van der Waals surface area contributed by atoms with E-state index in [1.54, 1.807) is 0 Å². The quantitative estimate of drug-likeness (QED) is 0.670. The standard InChI is InChI=1S/C19H28O2/c1-18-8-3-4-15(18)14-6-5-12-10-13(20)7-9-19(12,2)17(14)16(21)11-18/h12,14-15,17H,3-11H2,1-2H3/t12-,14-,15+,17-,18+,19-/m0/s1. The molecule has 4 saturated carbocycles.